The fraction of sp³-hybridized carbons (Fsp3) is 0.133. The number of hydrogen-bond acceptors (Lipinski definition) is 5. The van der Waals surface area contributed by atoms with Crippen LogP contribution in [-0.4, -0.2) is 11.7 Å². The number of aromatic nitrogens is 1. The summed E-state index contributed by atoms with van der Waals surface area (Å²) in [6, 6.07) is 8.05. The average Bonchev–Trinajstić information content (AvgIpc) is 2.84. The van der Waals surface area contributed by atoms with Gasteiger partial charge in [0.05, 0.1) is 17.7 Å². The Hall–Kier alpha value is -2.86. The number of alkyl halides is 2. The van der Waals surface area contributed by atoms with Gasteiger partial charge in [-0.2, -0.15) is 18.9 Å². The van der Waals surface area contributed by atoms with E-state index in [4.69, 9.17) is 16.7 Å². The fourth-order valence-corrected chi connectivity index (χ4v) is 3.08. The largest absolute Gasteiger partial charge is 0.397 e. The minimum atomic E-state index is -2.51. The van der Waals surface area contributed by atoms with Crippen molar-refractivity contribution in [1.29, 1.82) is 5.26 Å². The summed E-state index contributed by atoms with van der Waals surface area (Å²) in [6.07, 6.45) is 0.0279. The summed E-state index contributed by atoms with van der Waals surface area (Å²) in [6.45, 7) is 0. The SMILES string of the molecule is N#Cc1c(N)[nH+]c2c(c1N)CC(=O)N2c1ccc(SC(F)F)cc1. The highest BCUT2D eigenvalue weighted by Gasteiger charge is 2.38. The number of hydrogen-bond donors (Lipinski definition) is 2. The first-order valence-electron chi connectivity index (χ1n) is 6.83. The highest BCUT2D eigenvalue weighted by molar-refractivity contribution is 7.99. The summed E-state index contributed by atoms with van der Waals surface area (Å²) in [4.78, 5) is 17.0. The van der Waals surface area contributed by atoms with E-state index >= 15 is 0 Å². The number of amides is 1. The molecule has 6 nitrogen and oxygen atoms in total. The predicted octanol–water partition coefficient (Wildman–Crippen LogP) is 2.07. The highest BCUT2D eigenvalue weighted by atomic mass is 32.2. The first kappa shape index (κ1) is 16.0. The van der Waals surface area contributed by atoms with Crippen molar-refractivity contribution in [3.05, 3.63) is 35.4 Å². The molecule has 122 valence electrons. The van der Waals surface area contributed by atoms with Gasteiger partial charge in [-0.25, -0.2) is 4.98 Å². The maximum absolute atomic E-state index is 12.4. The van der Waals surface area contributed by atoms with Crippen molar-refractivity contribution in [2.75, 3.05) is 16.4 Å². The van der Waals surface area contributed by atoms with Crippen LogP contribution in [0.4, 0.5) is 31.8 Å². The van der Waals surface area contributed by atoms with E-state index in [9.17, 15) is 13.6 Å². The molecule has 2 heterocycles. The average molecular weight is 348 g/mol. The lowest BCUT2D eigenvalue weighted by atomic mass is 10.1. The summed E-state index contributed by atoms with van der Waals surface area (Å²) in [7, 11) is 0. The van der Waals surface area contributed by atoms with Crippen molar-refractivity contribution in [3.63, 3.8) is 0 Å². The molecular formula is C15H12F2N5OS+. The maximum atomic E-state index is 12.4. The number of anilines is 4. The van der Waals surface area contributed by atoms with Crippen LogP contribution in [0.3, 0.4) is 0 Å². The van der Waals surface area contributed by atoms with Crippen molar-refractivity contribution < 1.29 is 18.6 Å². The molecular weight excluding hydrogens is 336 g/mol. The number of halogens is 2. The molecule has 0 saturated carbocycles. The van der Waals surface area contributed by atoms with Gasteiger partial charge in [0.25, 0.3) is 11.7 Å². The van der Waals surface area contributed by atoms with Crippen LogP contribution in [0.2, 0.25) is 0 Å². The van der Waals surface area contributed by atoms with Crippen molar-refractivity contribution >= 4 is 40.7 Å². The molecule has 0 unspecified atom stereocenters. The number of nitrogens with zero attached hydrogens (tertiary/aromatic N) is 2. The molecule has 3 rings (SSSR count). The zero-order valence-corrected chi connectivity index (χ0v) is 13.0. The third-order valence-corrected chi connectivity index (χ3v) is 4.36. The Morgan fingerprint density at radius 2 is 1.96 bits per heavy atom. The number of thioether (sulfide) groups is 1. The van der Waals surface area contributed by atoms with E-state index in [1.54, 1.807) is 12.1 Å². The van der Waals surface area contributed by atoms with E-state index in [-0.39, 0.29) is 29.4 Å². The van der Waals surface area contributed by atoms with Crippen molar-refractivity contribution in [2.24, 2.45) is 0 Å². The molecule has 1 amide bonds. The van der Waals surface area contributed by atoms with Crippen LogP contribution in [0.15, 0.2) is 29.2 Å². The number of nitrogen functional groups attached to an aromatic ring is 2. The molecule has 24 heavy (non-hydrogen) atoms. The second kappa shape index (κ2) is 5.98. The van der Waals surface area contributed by atoms with Crippen LogP contribution < -0.4 is 21.4 Å². The Kier molecular flexibility index (Phi) is 3.99. The number of pyridine rings is 1. The van der Waals surface area contributed by atoms with Gasteiger partial charge in [-0.15, -0.1) is 0 Å². The van der Waals surface area contributed by atoms with Gasteiger partial charge in [0.15, 0.2) is 0 Å². The van der Waals surface area contributed by atoms with Gasteiger partial charge in [-0.3, -0.25) is 4.79 Å². The molecule has 1 aliphatic heterocycles. The Labute approximate surface area is 140 Å². The van der Waals surface area contributed by atoms with Gasteiger partial charge in [-0.05, 0) is 24.3 Å². The monoisotopic (exact) mass is 348 g/mol. The number of carbonyl (C=O) groups excluding carboxylic acids is 1. The number of nitrogens with one attached hydrogen (secondary N) is 1. The van der Waals surface area contributed by atoms with Crippen LogP contribution in [0, 0.1) is 11.3 Å². The lowest BCUT2D eigenvalue weighted by molar-refractivity contribution is -0.344. The fourth-order valence-electron chi connectivity index (χ4n) is 2.58. The number of nitrogens with two attached hydrogens (primary N) is 2. The van der Waals surface area contributed by atoms with Gasteiger partial charge < -0.3 is 11.5 Å². The summed E-state index contributed by atoms with van der Waals surface area (Å²) < 4.78 is 24.8. The minimum Gasteiger partial charge on any atom is -0.397 e. The minimum absolute atomic E-state index is 0.0279. The molecule has 1 aromatic heterocycles. The highest BCUT2D eigenvalue weighted by Crippen LogP contribution is 2.38. The summed E-state index contributed by atoms with van der Waals surface area (Å²) in [5.41, 5.74) is 13.0. The normalized spacial score (nSPS) is 13.2. The maximum Gasteiger partial charge on any atom is 0.292 e. The van der Waals surface area contributed by atoms with Gasteiger partial charge >= 0.3 is 0 Å². The molecule has 0 spiro atoms. The first-order chi connectivity index (χ1) is 11.4. The molecule has 0 radical (unpaired) electrons. The van der Waals surface area contributed by atoms with Crippen molar-refractivity contribution in [1.82, 2.24) is 0 Å². The van der Waals surface area contributed by atoms with Crippen molar-refractivity contribution in [2.45, 2.75) is 17.1 Å². The van der Waals surface area contributed by atoms with Crippen LogP contribution in [-0.2, 0) is 11.2 Å². The third-order valence-electron chi connectivity index (χ3n) is 3.64. The molecule has 9 heteroatoms. The number of carbonyl (C=O) groups is 1. The van der Waals surface area contributed by atoms with Crippen LogP contribution in [0.1, 0.15) is 11.1 Å². The van der Waals surface area contributed by atoms with Gasteiger partial charge in [-0.1, -0.05) is 11.8 Å². The molecule has 0 aliphatic carbocycles. The molecule has 1 aliphatic rings. The summed E-state index contributed by atoms with van der Waals surface area (Å²) >= 11 is 0.425. The van der Waals surface area contributed by atoms with E-state index in [1.807, 2.05) is 6.07 Å². The van der Waals surface area contributed by atoms with E-state index in [0.717, 1.165) is 0 Å². The zero-order valence-electron chi connectivity index (χ0n) is 12.2. The zero-order chi connectivity index (χ0) is 17.4. The first-order valence-corrected chi connectivity index (χ1v) is 7.71. The Morgan fingerprint density at radius 1 is 1.29 bits per heavy atom. The molecule has 0 bridgehead atoms. The van der Waals surface area contributed by atoms with E-state index < -0.39 is 5.76 Å². The topological polar surface area (TPSA) is 110 Å². The third kappa shape index (κ3) is 2.61. The predicted molar refractivity (Wildman–Crippen MR) is 85.7 cm³/mol. The van der Waals surface area contributed by atoms with Crippen molar-refractivity contribution in [3.8, 4) is 6.07 Å². The number of H-pyrrole nitrogens is 1. The molecule has 0 atom stereocenters. The van der Waals surface area contributed by atoms with Gasteiger partial charge in [0.2, 0.25) is 11.6 Å². The lowest BCUT2D eigenvalue weighted by Gasteiger charge is -2.13. The Morgan fingerprint density at radius 3 is 2.54 bits per heavy atom. The number of benzene rings is 1. The van der Waals surface area contributed by atoms with Gasteiger partial charge in [0, 0.05) is 4.90 Å². The van der Waals surface area contributed by atoms with Crippen LogP contribution in [0.25, 0.3) is 0 Å². The molecule has 5 N–H and O–H groups in total. The molecule has 0 fully saturated rings. The Balaban J connectivity index is 2.03. The summed E-state index contributed by atoms with van der Waals surface area (Å²) in [5, 5.41) is 9.09. The molecule has 0 saturated heterocycles. The second-order valence-electron chi connectivity index (χ2n) is 5.04. The Bertz CT molecular complexity index is 864. The van der Waals surface area contributed by atoms with Crippen LogP contribution in [0.5, 0.6) is 0 Å². The number of aromatic amines is 1. The van der Waals surface area contributed by atoms with E-state index in [2.05, 4.69) is 4.98 Å². The quantitative estimate of drug-likeness (QED) is 0.825. The number of fused-ring (bicyclic) bond motifs is 1. The van der Waals surface area contributed by atoms with Gasteiger partial charge in [0.1, 0.15) is 17.3 Å². The van der Waals surface area contributed by atoms with Crippen LogP contribution >= 0.6 is 11.8 Å². The second-order valence-corrected chi connectivity index (χ2v) is 6.11. The molecule has 1 aromatic carbocycles. The smallest absolute Gasteiger partial charge is 0.292 e. The number of rotatable bonds is 3. The van der Waals surface area contributed by atoms with E-state index in [0.29, 0.717) is 33.7 Å². The number of nitriles is 1. The van der Waals surface area contributed by atoms with E-state index in [1.165, 1.54) is 17.0 Å². The molecule has 2 aromatic rings. The summed E-state index contributed by atoms with van der Waals surface area (Å²) in [5.74, 6) is -2.30. The lowest BCUT2D eigenvalue weighted by Crippen LogP contribution is -2.27. The standard InChI is InChI=1S/C15H11F2N5OS/c16-15(17)24-8-3-1-7(2-4-8)22-11(23)5-9-12(19)10(6-18)13(20)21-14(9)22/h1-4,15H,5H2,(H4,19,20,21)/p+1.